The lowest BCUT2D eigenvalue weighted by atomic mass is 10.1. The van der Waals surface area contributed by atoms with Crippen molar-refractivity contribution in [1.82, 2.24) is 0 Å². The van der Waals surface area contributed by atoms with Gasteiger partial charge in [-0.1, -0.05) is 24.4 Å². The minimum atomic E-state index is -0.844. The van der Waals surface area contributed by atoms with Crippen LogP contribution in [0.4, 0.5) is 14.5 Å². The summed E-state index contributed by atoms with van der Waals surface area (Å²) >= 11 is 4.82. The summed E-state index contributed by atoms with van der Waals surface area (Å²) < 4.78 is 26.2. The Bertz CT molecular complexity index is 689. The van der Waals surface area contributed by atoms with Crippen LogP contribution in [0, 0.1) is 11.6 Å². The fraction of sp³-hybridized carbons (Fsp3) is 0. The first-order valence-corrected chi connectivity index (χ1v) is 6.04. The van der Waals surface area contributed by atoms with Gasteiger partial charge in [0.25, 0.3) is 5.91 Å². The molecular weight excluding hydrogens is 282 g/mol. The second-order valence-electron chi connectivity index (χ2n) is 4.02. The van der Waals surface area contributed by atoms with E-state index < -0.39 is 17.5 Å². The Hall–Kier alpha value is -2.34. The van der Waals surface area contributed by atoms with Gasteiger partial charge in [0.2, 0.25) is 0 Å². The molecule has 0 radical (unpaired) electrons. The van der Waals surface area contributed by atoms with Gasteiger partial charge in [0.05, 0.1) is 5.69 Å². The molecule has 0 fully saturated rings. The Kier molecular flexibility index (Phi) is 4.05. The van der Waals surface area contributed by atoms with Crippen LogP contribution in [0.15, 0.2) is 42.5 Å². The Morgan fingerprint density at radius 1 is 1.10 bits per heavy atom. The van der Waals surface area contributed by atoms with E-state index in [2.05, 4.69) is 5.32 Å². The average molecular weight is 292 g/mol. The molecule has 0 saturated heterocycles. The molecule has 2 rings (SSSR count). The number of hydrogen-bond donors (Lipinski definition) is 2. The molecule has 0 atom stereocenters. The van der Waals surface area contributed by atoms with Crippen LogP contribution in [0.2, 0.25) is 0 Å². The summed E-state index contributed by atoms with van der Waals surface area (Å²) in [6.45, 7) is 0. The van der Waals surface area contributed by atoms with E-state index in [1.807, 2.05) is 0 Å². The van der Waals surface area contributed by atoms with Crippen LogP contribution in [0.1, 0.15) is 15.9 Å². The van der Waals surface area contributed by atoms with Crippen molar-refractivity contribution < 1.29 is 13.6 Å². The predicted molar refractivity (Wildman–Crippen MR) is 76.6 cm³/mol. The van der Waals surface area contributed by atoms with Crippen molar-refractivity contribution >= 4 is 28.8 Å². The van der Waals surface area contributed by atoms with E-state index >= 15 is 0 Å². The molecule has 0 aliphatic carbocycles. The Labute approximate surface area is 119 Å². The van der Waals surface area contributed by atoms with E-state index in [1.165, 1.54) is 6.07 Å². The number of carbonyl (C=O) groups excluding carboxylic acids is 1. The molecule has 0 aliphatic rings. The van der Waals surface area contributed by atoms with Crippen molar-refractivity contribution in [2.45, 2.75) is 0 Å². The molecule has 3 N–H and O–H groups in total. The molecule has 0 saturated carbocycles. The molecule has 1 amide bonds. The van der Waals surface area contributed by atoms with E-state index in [0.29, 0.717) is 11.6 Å². The summed E-state index contributed by atoms with van der Waals surface area (Å²) in [4.78, 5) is 12.1. The van der Waals surface area contributed by atoms with Crippen LogP contribution in [0.5, 0.6) is 0 Å². The van der Waals surface area contributed by atoms with Crippen molar-refractivity contribution in [1.29, 1.82) is 0 Å². The molecule has 0 unspecified atom stereocenters. The predicted octanol–water partition coefficient (Wildman–Crippen LogP) is 2.85. The minimum Gasteiger partial charge on any atom is -0.389 e. The van der Waals surface area contributed by atoms with Gasteiger partial charge in [0.1, 0.15) is 16.6 Å². The minimum absolute atomic E-state index is 0.0999. The highest BCUT2D eigenvalue weighted by atomic mass is 32.1. The van der Waals surface area contributed by atoms with Crippen LogP contribution in [-0.4, -0.2) is 10.9 Å². The molecule has 0 spiro atoms. The van der Waals surface area contributed by atoms with Gasteiger partial charge >= 0.3 is 0 Å². The van der Waals surface area contributed by atoms with Crippen molar-refractivity contribution in [3.8, 4) is 0 Å². The first kappa shape index (κ1) is 14.1. The van der Waals surface area contributed by atoms with Gasteiger partial charge < -0.3 is 11.1 Å². The molecule has 2 aromatic rings. The zero-order valence-corrected chi connectivity index (χ0v) is 11.0. The van der Waals surface area contributed by atoms with E-state index in [1.54, 1.807) is 18.2 Å². The maximum absolute atomic E-state index is 13.4. The summed E-state index contributed by atoms with van der Waals surface area (Å²) in [6, 6.07) is 9.23. The molecule has 6 heteroatoms. The number of benzene rings is 2. The highest BCUT2D eigenvalue weighted by molar-refractivity contribution is 7.80. The first-order chi connectivity index (χ1) is 9.47. The van der Waals surface area contributed by atoms with Crippen molar-refractivity contribution in [3.63, 3.8) is 0 Å². The maximum Gasteiger partial charge on any atom is 0.255 e. The topological polar surface area (TPSA) is 55.1 Å². The van der Waals surface area contributed by atoms with Gasteiger partial charge in [-0.25, -0.2) is 8.78 Å². The lowest BCUT2D eigenvalue weighted by molar-refractivity contribution is 0.102. The number of rotatable bonds is 3. The average Bonchev–Trinajstić information content (AvgIpc) is 2.42. The van der Waals surface area contributed by atoms with E-state index in [9.17, 15) is 13.6 Å². The zero-order chi connectivity index (χ0) is 14.7. The van der Waals surface area contributed by atoms with Gasteiger partial charge in [-0.3, -0.25) is 4.79 Å². The maximum atomic E-state index is 13.4. The zero-order valence-electron chi connectivity index (χ0n) is 10.2. The lowest BCUT2D eigenvalue weighted by Gasteiger charge is -2.07. The highest BCUT2D eigenvalue weighted by Gasteiger charge is 2.11. The van der Waals surface area contributed by atoms with E-state index in [4.69, 9.17) is 18.0 Å². The third kappa shape index (κ3) is 3.16. The van der Waals surface area contributed by atoms with Gasteiger partial charge in [0.15, 0.2) is 0 Å². The summed E-state index contributed by atoms with van der Waals surface area (Å²) in [5, 5.41) is 2.36. The number of nitrogens with two attached hydrogens (primary N) is 1. The molecule has 0 bridgehead atoms. The van der Waals surface area contributed by atoms with Gasteiger partial charge in [-0.05, 0) is 24.3 Å². The Morgan fingerprint density at radius 2 is 1.80 bits per heavy atom. The van der Waals surface area contributed by atoms with Crippen LogP contribution in [-0.2, 0) is 0 Å². The normalized spacial score (nSPS) is 10.1. The van der Waals surface area contributed by atoms with Crippen molar-refractivity contribution in [2.75, 3.05) is 5.32 Å². The molecule has 0 aliphatic heterocycles. The fourth-order valence-corrected chi connectivity index (χ4v) is 1.73. The SMILES string of the molecule is NC(=S)c1cccc(C(=O)Nc2ccc(F)cc2F)c1. The summed E-state index contributed by atoms with van der Waals surface area (Å²) in [6.07, 6.45) is 0. The Morgan fingerprint density at radius 3 is 2.45 bits per heavy atom. The van der Waals surface area contributed by atoms with E-state index in [0.717, 1.165) is 12.1 Å². The number of carbonyl (C=O) groups is 1. The molecule has 0 aromatic heterocycles. The first-order valence-electron chi connectivity index (χ1n) is 5.63. The number of anilines is 1. The van der Waals surface area contributed by atoms with Gasteiger partial charge in [-0.2, -0.15) is 0 Å². The largest absolute Gasteiger partial charge is 0.389 e. The van der Waals surface area contributed by atoms with Crippen LogP contribution in [0.3, 0.4) is 0 Å². The molecule has 102 valence electrons. The lowest BCUT2D eigenvalue weighted by Crippen LogP contribution is -2.15. The molecule has 2 aromatic carbocycles. The second kappa shape index (κ2) is 5.75. The molecular formula is C14H10F2N2OS. The molecule has 0 heterocycles. The number of amides is 1. The third-order valence-corrected chi connectivity index (χ3v) is 2.82. The molecule has 20 heavy (non-hydrogen) atoms. The second-order valence-corrected chi connectivity index (χ2v) is 4.46. The van der Waals surface area contributed by atoms with Crippen LogP contribution in [0.25, 0.3) is 0 Å². The highest BCUT2D eigenvalue weighted by Crippen LogP contribution is 2.16. The summed E-state index contributed by atoms with van der Waals surface area (Å²) in [5.41, 5.74) is 6.19. The molecule has 3 nitrogen and oxygen atoms in total. The fourth-order valence-electron chi connectivity index (χ4n) is 1.60. The Balaban J connectivity index is 2.24. The quantitative estimate of drug-likeness (QED) is 0.855. The third-order valence-electron chi connectivity index (χ3n) is 2.59. The number of thiocarbonyl (C=S) groups is 1. The van der Waals surface area contributed by atoms with E-state index in [-0.39, 0.29) is 16.2 Å². The summed E-state index contributed by atoms with van der Waals surface area (Å²) in [7, 11) is 0. The number of hydrogen-bond acceptors (Lipinski definition) is 2. The summed E-state index contributed by atoms with van der Waals surface area (Å²) in [5.74, 6) is -2.09. The van der Waals surface area contributed by atoms with Crippen molar-refractivity contribution in [3.05, 3.63) is 65.2 Å². The standard InChI is InChI=1S/C14H10F2N2OS/c15-10-4-5-12(11(16)7-10)18-14(19)9-3-1-2-8(6-9)13(17)20/h1-7H,(H2,17,20)(H,18,19). The van der Waals surface area contributed by atoms with Gasteiger partial charge in [-0.15, -0.1) is 0 Å². The number of nitrogens with one attached hydrogen (secondary N) is 1. The van der Waals surface area contributed by atoms with Crippen LogP contribution >= 0.6 is 12.2 Å². The van der Waals surface area contributed by atoms with Crippen LogP contribution < -0.4 is 11.1 Å². The van der Waals surface area contributed by atoms with Crippen molar-refractivity contribution in [2.24, 2.45) is 5.73 Å². The number of halogens is 2. The smallest absolute Gasteiger partial charge is 0.255 e. The monoisotopic (exact) mass is 292 g/mol. The van der Waals surface area contributed by atoms with Gasteiger partial charge in [0, 0.05) is 17.2 Å².